The monoisotopic (exact) mass is 287 g/mol. The number of carbonyl (C=O) groups is 1. The topological polar surface area (TPSA) is 58.4 Å². The third-order valence-electron chi connectivity index (χ3n) is 3.19. The number of nitrogens with one attached hydrogen (secondary N) is 1. The van der Waals surface area contributed by atoms with Crippen LogP contribution in [0.2, 0.25) is 0 Å². The summed E-state index contributed by atoms with van der Waals surface area (Å²) >= 11 is 0. The molecule has 0 saturated carbocycles. The van der Waals surface area contributed by atoms with Crippen LogP contribution >= 0.6 is 0 Å². The summed E-state index contributed by atoms with van der Waals surface area (Å²) in [6.07, 6.45) is 1.04. The third-order valence-corrected chi connectivity index (χ3v) is 3.19. The summed E-state index contributed by atoms with van der Waals surface area (Å²) in [5.74, 6) is 1.03. The highest BCUT2D eigenvalue weighted by Crippen LogP contribution is 2.09. The van der Waals surface area contributed by atoms with Crippen molar-refractivity contribution in [2.45, 2.75) is 26.8 Å². The van der Waals surface area contributed by atoms with Crippen LogP contribution in [0.3, 0.4) is 0 Å². The molecule has 2 rings (SSSR count). The number of likely N-dealkylation sites (N-methyl/N-ethyl adjacent to an activating group) is 1. The van der Waals surface area contributed by atoms with Crippen LogP contribution in [0.1, 0.15) is 23.8 Å². The number of benzene rings is 1. The van der Waals surface area contributed by atoms with Crippen molar-refractivity contribution in [2.24, 2.45) is 0 Å². The van der Waals surface area contributed by atoms with Crippen LogP contribution in [0, 0.1) is 6.92 Å². The van der Waals surface area contributed by atoms with E-state index >= 15 is 0 Å². The average molecular weight is 287 g/mol. The maximum Gasteiger partial charge on any atom is 0.239 e. The predicted octanol–water partition coefficient (Wildman–Crippen LogP) is 2.62. The molecule has 1 heterocycles. The Bertz CT molecular complexity index is 590. The first kappa shape index (κ1) is 15.3. The van der Waals surface area contributed by atoms with Crippen molar-refractivity contribution < 1.29 is 9.32 Å². The second kappa shape index (κ2) is 7.04. The zero-order valence-electron chi connectivity index (χ0n) is 12.7. The quantitative estimate of drug-likeness (QED) is 0.887. The number of aryl methyl sites for hydroxylation is 2. The van der Waals surface area contributed by atoms with Crippen LogP contribution in [0.15, 0.2) is 34.9 Å². The summed E-state index contributed by atoms with van der Waals surface area (Å²) in [6.45, 7) is 4.96. The molecule has 1 N–H and O–H groups in total. The Kier molecular flexibility index (Phi) is 5.11. The second-order valence-corrected chi connectivity index (χ2v) is 5.21. The van der Waals surface area contributed by atoms with Gasteiger partial charge in [0, 0.05) is 12.6 Å². The van der Waals surface area contributed by atoms with Gasteiger partial charge in [0.2, 0.25) is 5.91 Å². The number of nitrogens with zero attached hydrogens (tertiary/aromatic N) is 2. The van der Waals surface area contributed by atoms with Gasteiger partial charge in [-0.05, 0) is 31.5 Å². The third kappa shape index (κ3) is 4.72. The molecule has 0 spiro atoms. The highest BCUT2D eigenvalue weighted by Gasteiger charge is 2.09. The van der Waals surface area contributed by atoms with Crippen molar-refractivity contribution in [1.29, 1.82) is 0 Å². The fraction of sp³-hybridized carbons (Fsp3) is 0.375. The van der Waals surface area contributed by atoms with Gasteiger partial charge in [-0.1, -0.05) is 36.3 Å². The van der Waals surface area contributed by atoms with Gasteiger partial charge < -0.3 is 9.84 Å². The second-order valence-electron chi connectivity index (χ2n) is 5.21. The molecule has 21 heavy (non-hydrogen) atoms. The van der Waals surface area contributed by atoms with E-state index in [2.05, 4.69) is 41.7 Å². The molecule has 0 unspecified atom stereocenters. The molecule has 5 nitrogen and oxygen atoms in total. The molecule has 0 saturated heterocycles. The molecule has 0 radical (unpaired) electrons. The van der Waals surface area contributed by atoms with Gasteiger partial charge in [0.15, 0.2) is 5.82 Å². The lowest BCUT2D eigenvalue weighted by Gasteiger charge is -2.16. The van der Waals surface area contributed by atoms with Crippen LogP contribution in [0.5, 0.6) is 0 Å². The molecular formula is C16H21N3O2. The Balaban J connectivity index is 1.82. The van der Waals surface area contributed by atoms with Gasteiger partial charge in [-0.2, -0.15) is 0 Å². The Morgan fingerprint density at radius 1 is 1.29 bits per heavy atom. The van der Waals surface area contributed by atoms with E-state index < -0.39 is 0 Å². The standard InChI is InChI=1S/C16H21N3O2/c1-4-13-5-7-14(8-6-13)10-19(3)11-16(20)17-15-9-12(2)21-18-15/h5-9H,4,10-11H2,1-3H3,(H,17,18,20). The van der Waals surface area contributed by atoms with Crippen LogP contribution in [0.4, 0.5) is 5.82 Å². The number of anilines is 1. The van der Waals surface area contributed by atoms with Crippen molar-refractivity contribution >= 4 is 11.7 Å². The summed E-state index contributed by atoms with van der Waals surface area (Å²) < 4.78 is 4.91. The highest BCUT2D eigenvalue weighted by molar-refractivity contribution is 5.91. The van der Waals surface area contributed by atoms with E-state index in [9.17, 15) is 4.79 Å². The molecule has 1 amide bonds. The maximum absolute atomic E-state index is 11.9. The summed E-state index contributed by atoms with van der Waals surface area (Å²) in [5.41, 5.74) is 2.51. The van der Waals surface area contributed by atoms with Crippen molar-refractivity contribution in [3.8, 4) is 0 Å². The van der Waals surface area contributed by atoms with Gasteiger partial charge >= 0.3 is 0 Å². The normalized spacial score (nSPS) is 10.9. The first-order chi connectivity index (χ1) is 10.1. The zero-order valence-corrected chi connectivity index (χ0v) is 12.7. The molecule has 0 atom stereocenters. The van der Waals surface area contributed by atoms with Crippen LogP contribution in [-0.4, -0.2) is 29.6 Å². The number of rotatable bonds is 6. The van der Waals surface area contributed by atoms with Gasteiger partial charge in [0.05, 0.1) is 6.54 Å². The molecule has 1 aromatic heterocycles. The predicted molar refractivity (Wildman–Crippen MR) is 82.0 cm³/mol. The Labute approximate surface area is 124 Å². The molecule has 0 aliphatic heterocycles. The molecule has 0 aliphatic carbocycles. The summed E-state index contributed by atoms with van der Waals surface area (Å²) in [4.78, 5) is 13.8. The molecule has 112 valence electrons. The molecular weight excluding hydrogens is 266 g/mol. The maximum atomic E-state index is 11.9. The van der Waals surface area contributed by atoms with Gasteiger partial charge in [-0.3, -0.25) is 9.69 Å². The summed E-state index contributed by atoms with van der Waals surface area (Å²) in [7, 11) is 1.92. The van der Waals surface area contributed by atoms with E-state index in [0.717, 1.165) is 13.0 Å². The number of amides is 1. The minimum absolute atomic E-state index is 0.101. The smallest absolute Gasteiger partial charge is 0.239 e. The van der Waals surface area contributed by atoms with E-state index in [1.165, 1.54) is 11.1 Å². The van der Waals surface area contributed by atoms with E-state index in [-0.39, 0.29) is 5.91 Å². The van der Waals surface area contributed by atoms with Crippen LogP contribution in [-0.2, 0) is 17.8 Å². The minimum Gasteiger partial charge on any atom is -0.360 e. The Morgan fingerprint density at radius 3 is 2.52 bits per heavy atom. The van der Waals surface area contributed by atoms with Crippen molar-refractivity contribution in [1.82, 2.24) is 10.1 Å². The lowest BCUT2D eigenvalue weighted by molar-refractivity contribution is -0.117. The largest absolute Gasteiger partial charge is 0.360 e. The highest BCUT2D eigenvalue weighted by atomic mass is 16.5. The average Bonchev–Trinajstić information content (AvgIpc) is 2.84. The number of hydrogen-bond acceptors (Lipinski definition) is 4. The molecule has 5 heteroatoms. The molecule has 1 aromatic carbocycles. The summed E-state index contributed by atoms with van der Waals surface area (Å²) in [5, 5.41) is 6.45. The van der Waals surface area contributed by atoms with Gasteiger partial charge in [0.25, 0.3) is 0 Å². The molecule has 0 fully saturated rings. The lowest BCUT2D eigenvalue weighted by Crippen LogP contribution is -2.29. The van der Waals surface area contributed by atoms with E-state index in [1.54, 1.807) is 13.0 Å². The van der Waals surface area contributed by atoms with Crippen molar-refractivity contribution in [3.63, 3.8) is 0 Å². The van der Waals surface area contributed by atoms with Crippen LogP contribution < -0.4 is 5.32 Å². The fourth-order valence-electron chi connectivity index (χ4n) is 2.10. The van der Waals surface area contributed by atoms with E-state index in [1.807, 2.05) is 11.9 Å². The minimum atomic E-state index is -0.101. The van der Waals surface area contributed by atoms with Crippen LogP contribution in [0.25, 0.3) is 0 Å². The molecule has 2 aromatic rings. The fourth-order valence-corrected chi connectivity index (χ4v) is 2.10. The lowest BCUT2D eigenvalue weighted by atomic mass is 10.1. The SMILES string of the molecule is CCc1ccc(CN(C)CC(=O)Nc2cc(C)on2)cc1. The zero-order chi connectivity index (χ0) is 15.2. The Hall–Kier alpha value is -2.14. The first-order valence-corrected chi connectivity index (χ1v) is 7.06. The van der Waals surface area contributed by atoms with Crippen molar-refractivity contribution in [2.75, 3.05) is 18.9 Å². The Morgan fingerprint density at radius 2 is 1.95 bits per heavy atom. The van der Waals surface area contributed by atoms with E-state index in [4.69, 9.17) is 4.52 Å². The van der Waals surface area contributed by atoms with E-state index in [0.29, 0.717) is 18.1 Å². The molecule has 0 aliphatic rings. The van der Waals surface area contributed by atoms with Gasteiger partial charge in [-0.25, -0.2) is 0 Å². The number of aromatic nitrogens is 1. The molecule has 0 bridgehead atoms. The number of carbonyl (C=O) groups excluding carboxylic acids is 1. The van der Waals surface area contributed by atoms with Crippen molar-refractivity contribution in [3.05, 3.63) is 47.2 Å². The van der Waals surface area contributed by atoms with Gasteiger partial charge in [-0.15, -0.1) is 0 Å². The number of hydrogen-bond donors (Lipinski definition) is 1. The first-order valence-electron chi connectivity index (χ1n) is 7.06. The van der Waals surface area contributed by atoms with Gasteiger partial charge in [0.1, 0.15) is 5.76 Å². The summed E-state index contributed by atoms with van der Waals surface area (Å²) in [6, 6.07) is 10.2.